The first kappa shape index (κ1) is 12.0. The van der Waals surface area contributed by atoms with Gasteiger partial charge < -0.3 is 5.11 Å². The van der Waals surface area contributed by atoms with E-state index in [-0.39, 0.29) is 11.5 Å². The molecule has 0 aliphatic heterocycles. The molecular formula is C10H12BrNO3. The fraction of sp³-hybridized carbons (Fsp3) is 0.400. The molecule has 82 valence electrons. The van der Waals surface area contributed by atoms with Crippen molar-refractivity contribution in [1.82, 2.24) is 4.57 Å². The van der Waals surface area contributed by atoms with Gasteiger partial charge in [0.05, 0.1) is 4.60 Å². The van der Waals surface area contributed by atoms with Crippen LogP contribution in [0.15, 0.2) is 27.6 Å². The molecular weight excluding hydrogens is 262 g/mol. The van der Waals surface area contributed by atoms with E-state index in [4.69, 9.17) is 5.11 Å². The van der Waals surface area contributed by atoms with Crippen LogP contribution in [0.3, 0.4) is 0 Å². The fourth-order valence-corrected chi connectivity index (χ4v) is 1.99. The first-order valence-corrected chi connectivity index (χ1v) is 5.34. The monoisotopic (exact) mass is 273 g/mol. The summed E-state index contributed by atoms with van der Waals surface area (Å²) in [6.07, 6.45) is 0. The van der Waals surface area contributed by atoms with Crippen LogP contribution in [0, 0.1) is 5.92 Å². The molecule has 5 heteroatoms. The molecule has 1 N–H and O–H groups in total. The number of carboxylic acid groups (broad SMARTS) is 1. The summed E-state index contributed by atoms with van der Waals surface area (Å²) in [6, 6.07) is 3.75. The Morgan fingerprint density at radius 2 is 2.07 bits per heavy atom. The van der Waals surface area contributed by atoms with Gasteiger partial charge >= 0.3 is 5.97 Å². The van der Waals surface area contributed by atoms with Gasteiger partial charge in [-0.3, -0.25) is 9.36 Å². The van der Waals surface area contributed by atoms with Gasteiger partial charge in [0.1, 0.15) is 6.04 Å². The third-order valence-corrected chi connectivity index (χ3v) is 2.75. The van der Waals surface area contributed by atoms with E-state index in [0.29, 0.717) is 4.60 Å². The lowest BCUT2D eigenvalue weighted by molar-refractivity contribution is -0.142. The minimum atomic E-state index is -1.00. The molecule has 1 rings (SSSR count). The predicted molar refractivity (Wildman–Crippen MR) is 59.9 cm³/mol. The van der Waals surface area contributed by atoms with Gasteiger partial charge in [0.25, 0.3) is 5.56 Å². The average Bonchev–Trinajstić information content (AvgIpc) is 2.09. The van der Waals surface area contributed by atoms with Crippen LogP contribution in [0.4, 0.5) is 0 Å². The van der Waals surface area contributed by atoms with Crippen LogP contribution in [0.25, 0.3) is 0 Å². The Kier molecular flexibility index (Phi) is 3.68. The van der Waals surface area contributed by atoms with Crippen LogP contribution in [0.5, 0.6) is 0 Å². The van der Waals surface area contributed by atoms with E-state index in [2.05, 4.69) is 15.9 Å². The summed E-state index contributed by atoms with van der Waals surface area (Å²) < 4.78 is 1.73. The molecule has 0 amide bonds. The van der Waals surface area contributed by atoms with Crippen molar-refractivity contribution in [3.63, 3.8) is 0 Å². The van der Waals surface area contributed by atoms with Crippen LogP contribution >= 0.6 is 15.9 Å². The SMILES string of the molecule is CC(C)C(C(=O)O)n1c(Br)cccc1=O. The number of aliphatic carboxylic acids is 1. The van der Waals surface area contributed by atoms with Crippen molar-refractivity contribution in [3.8, 4) is 0 Å². The summed E-state index contributed by atoms with van der Waals surface area (Å²) in [7, 11) is 0. The van der Waals surface area contributed by atoms with Crippen molar-refractivity contribution in [1.29, 1.82) is 0 Å². The number of halogens is 1. The van der Waals surface area contributed by atoms with Crippen molar-refractivity contribution in [2.45, 2.75) is 19.9 Å². The number of carbonyl (C=O) groups is 1. The molecule has 0 aliphatic rings. The van der Waals surface area contributed by atoms with Crippen molar-refractivity contribution in [2.75, 3.05) is 0 Å². The Hall–Kier alpha value is -1.10. The molecule has 15 heavy (non-hydrogen) atoms. The molecule has 0 saturated carbocycles. The largest absolute Gasteiger partial charge is 0.480 e. The number of aromatic nitrogens is 1. The number of hydrogen-bond donors (Lipinski definition) is 1. The predicted octanol–water partition coefficient (Wildman–Crippen LogP) is 1.89. The van der Waals surface area contributed by atoms with Gasteiger partial charge in [-0.05, 0) is 27.9 Å². The Morgan fingerprint density at radius 1 is 1.47 bits per heavy atom. The lowest BCUT2D eigenvalue weighted by Gasteiger charge is -2.20. The van der Waals surface area contributed by atoms with Crippen molar-refractivity contribution in [2.24, 2.45) is 5.92 Å². The molecule has 0 fully saturated rings. The van der Waals surface area contributed by atoms with Crippen LogP contribution in [-0.2, 0) is 4.79 Å². The summed E-state index contributed by atoms with van der Waals surface area (Å²) in [5.41, 5.74) is -0.314. The van der Waals surface area contributed by atoms with Gasteiger partial charge in [0.2, 0.25) is 0 Å². The third kappa shape index (κ3) is 2.47. The Labute approximate surface area is 95.7 Å². The standard InChI is InChI=1S/C10H12BrNO3/c1-6(2)9(10(14)15)12-7(11)4-3-5-8(12)13/h3-6,9H,1-2H3,(H,14,15). The Bertz CT molecular complexity index is 425. The molecule has 0 saturated heterocycles. The number of nitrogens with zero attached hydrogens (tertiary/aromatic N) is 1. The van der Waals surface area contributed by atoms with E-state index < -0.39 is 12.0 Å². The summed E-state index contributed by atoms with van der Waals surface area (Å²) in [5.74, 6) is -1.15. The maximum Gasteiger partial charge on any atom is 0.327 e. The smallest absolute Gasteiger partial charge is 0.327 e. The minimum absolute atomic E-state index is 0.154. The zero-order chi connectivity index (χ0) is 11.6. The number of rotatable bonds is 3. The maximum atomic E-state index is 11.6. The van der Waals surface area contributed by atoms with Gasteiger partial charge in [-0.1, -0.05) is 19.9 Å². The Morgan fingerprint density at radius 3 is 2.47 bits per heavy atom. The quantitative estimate of drug-likeness (QED) is 0.856. The van der Waals surface area contributed by atoms with Crippen LogP contribution in [0.1, 0.15) is 19.9 Å². The molecule has 0 aromatic carbocycles. The highest BCUT2D eigenvalue weighted by Gasteiger charge is 2.25. The van der Waals surface area contributed by atoms with E-state index in [9.17, 15) is 9.59 Å². The zero-order valence-corrected chi connectivity index (χ0v) is 10.1. The zero-order valence-electron chi connectivity index (χ0n) is 8.48. The first-order chi connectivity index (χ1) is 6.95. The van der Waals surface area contributed by atoms with Gasteiger partial charge in [-0.25, -0.2) is 4.79 Å². The highest BCUT2D eigenvalue weighted by molar-refractivity contribution is 9.10. The Balaban J connectivity index is 3.35. The average molecular weight is 274 g/mol. The number of pyridine rings is 1. The van der Waals surface area contributed by atoms with Gasteiger partial charge in [0, 0.05) is 6.07 Å². The molecule has 4 nitrogen and oxygen atoms in total. The molecule has 1 heterocycles. The van der Waals surface area contributed by atoms with E-state index in [1.165, 1.54) is 10.6 Å². The summed E-state index contributed by atoms with van der Waals surface area (Å²) in [6.45, 7) is 3.54. The number of hydrogen-bond acceptors (Lipinski definition) is 2. The molecule has 0 bridgehead atoms. The molecule has 1 aromatic rings. The summed E-state index contributed by atoms with van der Waals surface area (Å²) in [4.78, 5) is 22.6. The van der Waals surface area contributed by atoms with E-state index in [1.54, 1.807) is 26.0 Å². The molecule has 1 aromatic heterocycles. The third-order valence-electron chi connectivity index (χ3n) is 2.10. The fourth-order valence-electron chi connectivity index (χ4n) is 1.44. The van der Waals surface area contributed by atoms with E-state index in [0.717, 1.165) is 0 Å². The van der Waals surface area contributed by atoms with Crippen molar-refractivity contribution >= 4 is 21.9 Å². The maximum absolute atomic E-state index is 11.6. The second kappa shape index (κ2) is 4.61. The summed E-state index contributed by atoms with van der Waals surface area (Å²) >= 11 is 3.18. The van der Waals surface area contributed by atoms with Crippen LogP contribution in [-0.4, -0.2) is 15.6 Å². The molecule has 0 spiro atoms. The van der Waals surface area contributed by atoms with E-state index >= 15 is 0 Å². The van der Waals surface area contributed by atoms with Crippen LogP contribution in [0.2, 0.25) is 0 Å². The van der Waals surface area contributed by atoms with Gasteiger partial charge in [-0.2, -0.15) is 0 Å². The lowest BCUT2D eigenvalue weighted by atomic mass is 10.0. The summed E-state index contributed by atoms with van der Waals surface area (Å²) in [5, 5.41) is 9.07. The van der Waals surface area contributed by atoms with Crippen LogP contribution < -0.4 is 5.56 Å². The molecule has 0 radical (unpaired) electrons. The highest BCUT2D eigenvalue weighted by Crippen LogP contribution is 2.20. The molecule has 0 aliphatic carbocycles. The second-order valence-corrected chi connectivity index (χ2v) is 4.40. The van der Waals surface area contributed by atoms with Crippen molar-refractivity contribution < 1.29 is 9.90 Å². The van der Waals surface area contributed by atoms with Gasteiger partial charge in [-0.15, -0.1) is 0 Å². The lowest BCUT2D eigenvalue weighted by Crippen LogP contribution is -2.33. The highest BCUT2D eigenvalue weighted by atomic mass is 79.9. The normalized spacial score (nSPS) is 12.8. The topological polar surface area (TPSA) is 59.3 Å². The number of carboxylic acids is 1. The minimum Gasteiger partial charge on any atom is -0.480 e. The van der Waals surface area contributed by atoms with E-state index in [1.807, 2.05) is 0 Å². The molecule has 1 unspecified atom stereocenters. The molecule has 1 atom stereocenters. The second-order valence-electron chi connectivity index (χ2n) is 3.58. The van der Waals surface area contributed by atoms with Gasteiger partial charge in [0.15, 0.2) is 0 Å². The first-order valence-electron chi connectivity index (χ1n) is 4.55. The van der Waals surface area contributed by atoms with Crippen molar-refractivity contribution in [3.05, 3.63) is 33.2 Å².